The zero-order chi connectivity index (χ0) is 13.0. The van der Waals surface area contributed by atoms with E-state index in [9.17, 15) is 5.11 Å². The molecule has 2 heteroatoms. The molecule has 96 valence electrons. The molecule has 0 unspecified atom stereocenters. The van der Waals surface area contributed by atoms with Gasteiger partial charge in [0, 0.05) is 11.9 Å². The van der Waals surface area contributed by atoms with Crippen LogP contribution in [0.5, 0.6) is 5.75 Å². The molecule has 0 saturated heterocycles. The molecular weight excluding hydrogens is 222 g/mol. The number of nitrogens with zero attached hydrogens (tertiary/aromatic N) is 1. The first-order valence-electron chi connectivity index (χ1n) is 6.68. The van der Waals surface area contributed by atoms with Crippen LogP contribution in [0, 0.1) is 0 Å². The second kappa shape index (κ2) is 5.87. The molecule has 2 aromatic carbocycles. The highest BCUT2D eigenvalue weighted by atomic mass is 16.3. The SMILES string of the molecule is CCN(CC)CCc1ccc(O)c2ccccc12. The smallest absolute Gasteiger partial charge is 0.123 e. The van der Waals surface area contributed by atoms with E-state index in [2.05, 4.69) is 24.8 Å². The number of phenolic OH excluding ortho intramolecular Hbond substituents is 1. The van der Waals surface area contributed by atoms with E-state index in [-0.39, 0.29) is 0 Å². The number of rotatable bonds is 5. The number of hydrogen-bond acceptors (Lipinski definition) is 2. The highest BCUT2D eigenvalue weighted by Gasteiger charge is 2.06. The Balaban J connectivity index is 2.26. The minimum Gasteiger partial charge on any atom is -0.507 e. The zero-order valence-corrected chi connectivity index (χ0v) is 11.2. The highest BCUT2D eigenvalue weighted by molar-refractivity contribution is 5.90. The van der Waals surface area contributed by atoms with Gasteiger partial charge in [-0.25, -0.2) is 0 Å². The summed E-state index contributed by atoms with van der Waals surface area (Å²) in [4.78, 5) is 2.42. The van der Waals surface area contributed by atoms with Gasteiger partial charge in [-0.05, 0) is 36.5 Å². The van der Waals surface area contributed by atoms with Gasteiger partial charge in [0.25, 0.3) is 0 Å². The summed E-state index contributed by atoms with van der Waals surface area (Å²) in [6, 6.07) is 11.9. The van der Waals surface area contributed by atoms with E-state index in [1.165, 1.54) is 10.9 Å². The molecule has 0 spiro atoms. The minimum atomic E-state index is 0.372. The fourth-order valence-electron chi connectivity index (χ4n) is 2.38. The summed E-state index contributed by atoms with van der Waals surface area (Å²) in [6.45, 7) is 7.64. The second-order valence-corrected chi connectivity index (χ2v) is 4.57. The first kappa shape index (κ1) is 12.9. The van der Waals surface area contributed by atoms with E-state index < -0.39 is 0 Å². The van der Waals surface area contributed by atoms with Crippen molar-refractivity contribution in [1.82, 2.24) is 4.90 Å². The van der Waals surface area contributed by atoms with Gasteiger partial charge in [-0.15, -0.1) is 0 Å². The van der Waals surface area contributed by atoms with Gasteiger partial charge in [-0.3, -0.25) is 0 Å². The predicted octanol–water partition coefficient (Wildman–Crippen LogP) is 3.43. The molecule has 0 aromatic heterocycles. The van der Waals surface area contributed by atoms with Crippen molar-refractivity contribution in [1.29, 1.82) is 0 Å². The first-order valence-corrected chi connectivity index (χ1v) is 6.68. The van der Waals surface area contributed by atoms with Crippen molar-refractivity contribution in [3.63, 3.8) is 0 Å². The third-order valence-electron chi connectivity index (χ3n) is 3.58. The van der Waals surface area contributed by atoms with Crippen molar-refractivity contribution in [2.24, 2.45) is 0 Å². The Bertz CT molecular complexity index is 517. The minimum absolute atomic E-state index is 0.372. The lowest BCUT2D eigenvalue weighted by Gasteiger charge is -2.18. The Morgan fingerprint density at radius 1 is 0.944 bits per heavy atom. The second-order valence-electron chi connectivity index (χ2n) is 4.57. The van der Waals surface area contributed by atoms with Crippen LogP contribution in [0.15, 0.2) is 36.4 Å². The molecule has 0 aliphatic carbocycles. The Hall–Kier alpha value is -1.54. The largest absolute Gasteiger partial charge is 0.507 e. The summed E-state index contributed by atoms with van der Waals surface area (Å²) in [6.07, 6.45) is 1.03. The molecule has 0 amide bonds. The predicted molar refractivity (Wildman–Crippen MR) is 77.1 cm³/mol. The quantitative estimate of drug-likeness (QED) is 0.869. The molecule has 2 aromatic rings. The molecule has 0 aliphatic heterocycles. The van der Waals surface area contributed by atoms with E-state index in [0.29, 0.717) is 5.75 Å². The monoisotopic (exact) mass is 243 g/mol. The van der Waals surface area contributed by atoms with Crippen LogP contribution in [0.2, 0.25) is 0 Å². The lowest BCUT2D eigenvalue weighted by atomic mass is 10.0. The fourth-order valence-corrected chi connectivity index (χ4v) is 2.38. The van der Waals surface area contributed by atoms with E-state index in [4.69, 9.17) is 0 Å². The maximum atomic E-state index is 9.85. The van der Waals surface area contributed by atoms with Crippen molar-refractivity contribution in [3.8, 4) is 5.75 Å². The summed E-state index contributed by atoms with van der Waals surface area (Å²) in [5, 5.41) is 12.0. The van der Waals surface area contributed by atoms with Crippen LogP contribution in [-0.4, -0.2) is 29.6 Å². The summed E-state index contributed by atoms with van der Waals surface area (Å²) in [7, 11) is 0. The van der Waals surface area contributed by atoms with E-state index in [1.54, 1.807) is 6.07 Å². The Morgan fingerprint density at radius 2 is 1.61 bits per heavy atom. The summed E-state index contributed by atoms with van der Waals surface area (Å²) in [5.74, 6) is 0.372. The molecule has 0 atom stereocenters. The summed E-state index contributed by atoms with van der Waals surface area (Å²) >= 11 is 0. The Kier molecular flexibility index (Phi) is 4.21. The molecule has 0 saturated carbocycles. The number of likely N-dealkylation sites (N-methyl/N-ethyl adjacent to an activating group) is 1. The standard InChI is InChI=1S/C16H21NO/c1-3-17(4-2)12-11-13-9-10-16(18)15-8-6-5-7-14(13)15/h5-10,18H,3-4,11-12H2,1-2H3. The van der Waals surface area contributed by atoms with Crippen molar-refractivity contribution < 1.29 is 5.11 Å². The molecule has 18 heavy (non-hydrogen) atoms. The summed E-state index contributed by atoms with van der Waals surface area (Å²) in [5.41, 5.74) is 1.32. The normalized spacial score (nSPS) is 11.3. The molecule has 2 rings (SSSR count). The van der Waals surface area contributed by atoms with Crippen molar-refractivity contribution in [3.05, 3.63) is 42.0 Å². The molecule has 0 aliphatic rings. The van der Waals surface area contributed by atoms with E-state index >= 15 is 0 Å². The van der Waals surface area contributed by atoms with Crippen LogP contribution >= 0.6 is 0 Å². The average Bonchev–Trinajstić information content (AvgIpc) is 2.42. The summed E-state index contributed by atoms with van der Waals surface area (Å²) < 4.78 is 0. The maximum absolute atomic E-state index is 9.85. The fraction of sp³-hybridized carbons (Fsp3) is 0.375. The number of fused-ring (bicyclic) bond motifs is 1. The third kappa shape index (κ3) is 2.65. The lowest BCUT2D eigenvalue weighted by Crippen LogP contribution is -2.25. The Labute approximate surface area is 109 Å². The molecular formula is C16H21NO. The van der Waals surface area contributed by atoms with Crippen molar-refractivity contribution in [2.75, 3.05) is 19.6 Å². The Morgan fingerprint density at radius 3 is 2.28 bits per heavy atom. The van der Waals surface area contributed by atoms with Crippen LogP contribution in [0.3, 0.4) is 0 Å². The van der Waals surface area contributed by atoms with Gasteiger partial charge in [0.2, 0.25) is 0 Å². The van der Waals surface area contributed by atoms with Gasteiger partial charge in [0.15, 0.2) is 0 Å². The van der Waals surface area contributed by atoms with Gasteiger partial charge in [-0.2, -0.15) is 0 Å². The van der Waals surface area contributed by atoms with Crippen LogP contribution in [-0.2, 0) is 6.42 Å². The van der Waals surface area contributed by atoms with Crippen LogP contribution in [0.1, 0.15) is 19.4 Å². The van der Waals surface area contributed by atoms with Crippen LogP contribution in [0.4, 0.5) is 0 Å². The zero-order valence-electron chi connectivity index (χ0n) is 11.2. The van der Waals surface area contributed by atoms with E-state index in [1.807, 2.05) is 24.3 Å². The van der Waals surface area contributed by atoms with Gasteiger partial charge < -0.3 is 10.0 Å². The van der Waals surface area contributed by atoms with Gasteiger partial charge in [-0.1, -0.05) is 44.2 Å². The number of phenols is 1. The van der Waals surface area contributed by atoms with Gasteiger partial charge >= 0.3 is 0 Å². The molecule has 0 fully saturated rings. The van der Waals surface area contributed by atoms with Crippen molar-refractivity contribution in [2.45, 2.75) is 20.3 Å². The van der Waals surface area contributed by atoms with Crippen molar-refractivity contribution >= 4 is 10.8 Å². The third-order valence-corrected chi connectivity index (χ3v) is 3.58. The molecule has 0 bridgehead atoms. The maximum Gasteiger partial charge on any atom is 0.123 e. The van der Waals surface area contributed by atoms with Gasteiger partial charge in [0.05, 0.1) is 0 Å². The van der Waals surface area contributed by atoms with Crippen LogP contribution in [0.25, 0.3) is 10.8 Å². The topological polar surface area (TPSA) is 23.5 Å². The van der Waals surface area contributed by atoms with E-state index in [0.717, 1.165) is 31.4 Å². The number of hydrogen-bond donors (Lipinski definition) is 1. The number of benzene rings is 2. The first-order chi connectivity index (χ1) is 8.76. The van der Waals surface area contributed by atoms with Gasteiger partial charge in [0.1, 0.15) is 5.75 Å². The lowest BCUT2D eigenvalue weighted by molar-refractivity contribution is 0.308. The highest BCUT2D eigenvalue weighted by Crippen LogP contribution is 2.27. The molecule has 0 heterocycles. The molecule has 1 N–H and O–H groups in total. The molecule has 0 radical (unpaired) electrons. The van der Waals surface area contributed by atoms with Crippen LogP contribution < -0.4 is 0 Å². The number of aromatic hydroxyl groups is 1. The average molecular weight is 243 g/mol. The molecule has 2 nitrogen and oxygen atoms in total.